The fraction of sp³-hybridized carbons (Fsp3) is 0.273. The van der Waals surface area contributed by atoms with E-state index in [1.807, 2.05) is 11.4 Å². The highest BCUT2D eigenvalue weighted by Gasteiger charge is 2.14. The van der Waals surface area contributed by atoms with Crippen LogP contribution in [0.4, 0.5) is 0 Å². The first kappa shape index (κ1) is 12.0. The van der Waals surface area contributed by atoms with E-state index in [-0.39, 0.29) is 0 Å². The zero-order valence-electron chi connectivity index (χ0n) is 8.70. The van der Waals surface area contributed by atoms with Crippen LogP contribution < -0.4 is 0 Å². The molecule has 0 unspecified atom stereocenters. The Morgan fingerprint density at radius 3 is 2.88 bits per heavy atom. The maximum absolute atomic E-state index is 6.12. The predicted octanol–water partition coefficient (Wildman–Crippen LogP) is 4.57. The van der Waals surface area contributed by atoms with Crippen LogP contribution in [0.25, 0.3) is 10.6 Å². The third-order valence-electron chi connectivity index (χ3n) is 2.23. The SMILES string of the molecule is CCCc1c(Cl)ncnc1-c1sccc1Br. The number of aromatic nitrogens is 2. The Labute approximate surface area is 112 Å². The van der Waals surface area contributed by atoms with Crippen molar-refractivity contribution in [3.8, 4) is 10.6 Å². The summed E-state index contributed by atoms with van der Waals surface area (Å²) in [7, 11) is 0. The largest absolute Gasteiger partial charge is 0.235 e. The van der Waals surface area contributed by atoms with Crippen molar-refractivity contribution in [3.63, 3.8) is 0 Å². The molecule has 2 rings (SSSR count). The lowest BCUT2D eigenvalue weighted by Crippen LogP contribution is -1.95. The molecule has 2 aromatic rings. The Morgan fingerprint density at radius 1 is 1.44 bits per heavy atom. The molecule has 0 aromatic carbocycles. The van der Waals surface area contributed by atoms with Crippen LogP contribution >= 0.6 is 38.9 Å². The molecule has 0 amide bonds. The minimum Gasteiger partial charge on any atom is -0.235 e. The average Bonchev–Trinajstić information content (AvgIpc) is 2.68. The third-order valence-corrected chi connectivity index (χ3v) is 4.40. The van der Waals surface area contributed by atoms with Gasteiger partial charge in [-0.1, -0.05) is 24.9 Å². The lowest BCUT2D eigenvalue weighted by atomic mass is 10.1. The standard InChI is InChI=1S/C11H10BrClN2S/c1-2-3-7-9(14-6-15-11(7)13)10-8(12)4-5-16-10/h4-6H,2-3H2,1H3. The molecule has 2 heterocycles. The Kier molecular flexibility index (Phi) is 3.95. The fourth-order valence-corrected chi connectivity index (χ4v) is 3.33. The topological polar surface area (TPSA) is 25.8 Å². The summed E-state index contributed by atoms with van der Waals surface area (Å²) in [6, 6.07) is 2.02. The summed E-state index contributed by atoms with van der Waals surface area (Å²) in [5.74, 6) is 0. The smallest absolute Gasteiger partial charge is 0.136 e. The Bertz CT molecular complexity index is 498. The molecule has 0 saturated carbocycles. The van der Waals surface area contributed by atoms with Crippen molar-refractivity contribution in [2.24, 2.45) is 0 Å². The van der Waals surface area contributed by atoms with Crippen molar-refractivity contribution in [1.82, 2.24) is 9.97 Å². The summed E-state index contributed by atoms with van der Waals surface area (Å²) in [4.78, 5) is 9.51. The van der Waals surface area contributed by atoms with Crippen molar-refractivity contribution in [2.75, 3.05) is 0 Å². The molecule has 84 valence electrons. The van der Waals surface area contributed by atoms with Gasteiger partial charge in [0, 0.05) is 10.0 Å². The molecule has 0 radical (unpaired) electrons. The Balaban J connectivity index is 2.56. The predicted molar refractivity (Wildman–Crippen MR) is 72.1 cm³/mol. The molecule has 0 aliphatic heterocycles. The second kappa shape index (κ2) is 5.25. The third kappa shape index (κ3) is 2.29. The number of hydrogen-bond acceptors (Lipinski definition) is 3. The number of hydrogen-bond donors (Lipinski definition) is 0. The van der Waals surface area contributed by atoms with Gasteiger partial charge in [-0.15, -0.1) is 11.3 Å². The van der Waals surface area contributed by atoms with Crippen LogP contribution in [-0.2, 0) is 6.42 Å². The average molecular weight is 318 g/mol. The first-order chi connectivity index (χ1) is 7.74. The molecule has 0 atom stereocenters. The van der Waals surface area contributed by atoms with E-state index in [2.05, 4.69) is 32.8 Å². The van der Waals surface area contributed by atoms with E-state index < -0.39 is 0 Å². The lowest BCUT2D eigenvalue weighted by Gasteiger charge is -2.07. The zero-order valence-corrected chi connectivity index (χ0v) is 11.9. The second-order valence-corrected chi connectivity index (χ2v) is 5.47. The van der Waals surface area contributed by atoms with E-state index in [0.717, 1.165) is 33.4 Å². The van der Waals surface area contributed by atoms with E-state index in [1.165, 1.54) is 6.33 Å². The summed E-state index contributed by atoms with van der Waals surface area (Å²) in [5.41, 5.74) is 1.98. The van der Waals surface area contributed by atoms with Crippen LogP contribution in [0.5, 0.6) is 0 Å². The molecule has 0 spiro atoms. The molecule has 0 aliphatic rings. The van der Waals surface area contributed by atoms with Gasteiger partial charge in [0.25, 0.3) is 0 Å². The highest BCUT2D eigenvalue weighted by atomic mass is 79.9. The first-order valence-electron chi connectivity index (χ1n) is 4.96. The number of nitrogens with zero attached hydrogens (tertiary/aromatic N) is 2. The van der Waals surface area contributed by atoms with Gasteiger partial charge in [-0.05, 0) is 33.8 Å². The number of halogens is 2. The van der Waals surface area contributed by atoms with Crippen LogP contribution in [0, 0.1) is 0 Å². The van der Waals surface area contributed by atoms with Gasteiger partial charge >= 0.3 is 0 Å². The molecule has 16 heavy (non-hydrogen) atoms. The number of thiophene rings is 1. The van der Waals surface area contributed by atoms with E-state index >= 15 is 0 Å². The summed E-state index contributed by atoms with van der Waals surface area (Å²) in [6.45, 7) is 2.12. The van der Waals surface area contributed by atoms with Crippen LogP contribution in [0.2, 0.25) is 5.15 Å². The molecule has 0 N–H and O–H groups in total. The normalized spacial score (nSPS) is 10.7. The molecular formula is C11H10BrClN2S. The molecule has 2 nitrogen and oxygen atoms in total. The van der Waals surface area contributed by atoms with E-state index in [4.69, 9.17) is 11.6 Å². The molecule has 0 saturated heterocycles. The van der Waals surface area contributed by atoms with Gasteiger partial charge in [-0.2, -0.15) is 0 Å². The minimum atomic E-state index is 0.562. The van der Waals surface area contributed by atoms with E-state index in [0.29, 0.717) is 5.15 Å². The van der Waals surface area contributed by atoms with Crippen LogP contribution in [0.3, 0.4) is 0 Å². The fourth-order valence-electron chi connectivity index (χ4n) is 1.52. The van der Waals surface area contributed by atoms with Crippen LogP contribution in [0.1, 0.15) is 18.9 Å². The Hall–Kier alpha value is -0.450. The van der Waals surface area contributed by atoms with Gasteiger partial charge in [0.1, 0.15) is 11.5 Å². The zero-order chi connectivity index (χ0) is 11.5. The van der Waals surface area contributed by atoms with Gasteiger partial charge in [-0.25, -0.2) is 9.97 Å². The summed E-state index contributed by atoms with van der Waals surface area (Å²) < 4.78 is 1.06. The van der Waals surface area contributed by atoms with Crippen molar-refractivity contribution in [2.45, 2.75) is 19.8 Å². The highest BCUT2D eigenvalue weighted by Crippen LogP contribution is 2.36. The van der Waals surface area contributed by atoms with Crippen molar-refractivity contribution in [1.29, 1.82) is 0 Å². The van der Waals surface area contributed by atoms with Gasteiger partial charge in [0.15, 0.2) is 0 Å². The maximum atomic E-state index is 6.12. The van der Waals surface area contributed by atoms with Gasteiger partial charge in [-0.3, -0.25) is 0 Å². The molecule has 0 fully saturated rings. The van der Waals surface area contributed by atoms with Crippen LogP contribution in [0.15, 0.2) is 22.2 Å². The molecule has 2 aromatic heterocycles. The Morgan fingerprint density at radius 2 is 2.25 bits per heavy atom. The molecule has 0 aliphatic carbocycles. The van der Waals surface area contributed by atoms with Gasteiger partial charge in [0.2, 0.25) is 0 Å². The molecule has 0 bridgehead atoms. The summed E-state index contributed by atoms with van der Waals surface area (Å²) >= 11 is 11.3. The van der Waals surface area contributed by atoms with E-state index in [9.17, 15) is 0 Å². The lowest BCUT2D eigenvalue weighted by molar-refractivity contribution is 0.905. The van der Waals surface area contributed by atoms with E-state index in [1.54, 1.807) is 11.3 Å². The highest BCUT2D eigenvalue weighted by molar-refractivity contribution is 9.10. The monoisotopic (exact) mass is 316 g/mol. The van der Waals surface area contributed by atoms with Crippen molar-refractivity contribution < 1.29 is 0 Å². The molecular weight excluding hydrogens is 308 g/mol. The second-order valence-electron chi connectivity index (χ2n) is 3.34. The minimum absolute atomic E-state index is 0.562. The van der Waals surface area contributed by atoms with Crippen molar-refractivity contribution >= 4 is 38.9 Å². The van der Waals surface area contributed by atoms with Crippen LogP contribution in [-0.4, -0.2) is 9.97 Å². The molecule has 5 heteroatoms. The summed E-state index contributed by atoms with van der Waals surface area (Å²) in [6.07, 6.45) is 3.45. The van der Waals surface area contributed by atoms with Crippen molar-refractivity contribution in [3.05, 3.63) is 33.0 Å². The first-order valence-corrected chi connectivity index (χ1v) is 7.01. The van der Waals surface area contributed by atoms with Gasteiger partial charge in [0.05, 0.1) is 10.6 Å². The maximum Gasteiger partial charge on any atom is 0.136 e. The van der Waals surface area contributed by atoms with Gasteiger partial charge < -0.3 is 0 Å². The summed E-state index contributed by atoms with van der Waals surface area (Å²) in [5, 5.41) is 2.60. The number of rotatable bonds is 3. The quantitative estimate of drug-likeness (QED) is 0.775.